The molecule has 84 valence electrons. The number of aliphatic hydroxyl groups is 4. The molecule has 1 aliphatic carbocycles. The van der Waals surface area contributed by atoms with E-state index in [1.807, 2.05) is 0 Å². The fourth-order valence-electron chi connectivity index (χ4n) is 2.28. The van der Waals surface area contributed by atoms with E-state index in [9.17, 15) is 20.4 Å². The normalized spacial score (nSPS) is 20.8. The predicted octanol–water partition coefficient (Wildman–Crippen LogP) is 0.194. The van der Waals surface area contributed by atoms with Gasteiger partial charge in [-0.1, -0.05) is 19.3 Å². The van der Waals surface area contributed by atoms with Crippen LogP contribution in [0.15, 0.2) is 0 Å². The van der Waals surface area contributed by atoms with Gasteiger partial charge >= 0.3 is 0 Å². The summed E-state index contributed by atoms with van der Waals surface area (Å²) in [6.45, 7) is 1.53. The first kappa shape index (κ1) is 11.9. The summed E-state index contributed by atoms with van der Waals surface area (Å²) in [5, 5.41) is 36.9. The minimum atomic E-state index is -1.68. The molecule has 0 aromatic rings. The molecule has 1 saturated carbocycles. The van der Waals surface area contributed by atoms with Crippen LogP contribution in [-0.4, -0.2) is 33.0 Å². The Morgan fingerprint density at radius 2 is 1.36 bits per heavy atom. The van der Waals surface area contributed by atoms with Crippen molar-refractivity contribution in [2.24, 2.45) is 11.3 Å². The van der Waals surface area contributed by atoms with Crippen molar-refractivity contribution >= 4 is 0 Å². The second-order valence-corrected chi connectivity index (χ2v) is 4.45. The second-order valence-electron chi connectivity index (χ2n) is 4.45. The van der Waals surface area contributed by atoms with Crippen LogP contribution in [0.25, 0.3) is 0 Å². The van der Waals surface area contributed by atoms with Crippen LogP contribution in [0, 0.1) is 11.3 Å². The van der Waals surface area contributed by atoms with Crippen molar-refractivity contribution in [2.45, 2.75) is 51.6 Å². The molecular formula is C10H20O4. The van der Waals surface area contributed by atoms with E-state index in [2.05, 4.69) is 0 Å². The monoisotopic (exact) mass is 204 g/mol. The van der Waals surface area contributed by atoms with E-state index in [1.165, 1.54) is 6.92 Å². The van der Waals surface area contributed by atoms with E-state index in [4.69, 9.17) is 0 Å². The van der Waals surface area contributed by atoms with Gasteiger partial charge in [0, 0.05) is 0 Å². The summed E-state index contributed by atoms with van der Waals surface area (Å²) < 4.78 is 0. The lowest BCUT2D eigenvalue weighted by Crippen LogP contribution is -2.49. The highest BCUT2D eigenvalue weighted by molar-refractivity contribution is 4.87. The summed E-state index contributed by atoms with van der Waals surface area (Å²) >= 11 is 0. The molecule has 0 unspecified atom stereocenters. The maximum atomic E-state index is 9.23. The Balaban J connectivity index is 2.75. The average Bonchev–Trinajstić information content (AvgIpc) is 2.17. The Kier molecular flexibility index (Phi) is 3.89. The molecule has 0 radical (unpaired) electrons. The third-order valence-electron chi connectivity index (χ3n) is 3.60. The summed E-state index contributed by atoms with van der Waals surface area (Å²) in [5.41, 5.74) is -1.21. The quantitative estimate of drug-likeness (QED) is 0.495. The van der Waals surface area contributed by atoms with Crippen molar-refractivity contribution in [1.29, 1.82) is 0 Å². The van der Waals surface area contributed by atoms with Crippen LogP contribution in [0.1, 0.15) is 39.0 Å². The fourth-order valence-corrected chi connectivity index (χ4v) is 2.28. The molecule has 4 heteroatoms. The molecule has 0 aromatic heterocycles. The summed E-state index contributed by atoms with van der Waals surface area (Å²) in [6.07, 6.45) is 1.53. The van der Waals surface area contributed by atoms with Gasteiger partial charge in [-0.2, -0.15) is 0 Å². The van der Waals surface area contributed by atoms with Crippen LogP contribution in [-0.2, 0) is 0 Å². The lowest BCUT2D eigenvalue weighted by Gasteiger charge is -2.42. The van der Waals surface area contributed by atoms with Crippen molar-refractivity contribution in [2.75, 3.05) is 0 Å². The van der Waals surface area contributed by atoms with Crippen LogP contribution in [0.4, 0.5) is 0 Å². The molecule has 14 heavy (non-hydrogen) atoms. The first-order chi connectivity index (χ1) is 6.49. The Morgan fingerprint density at radius 1 is 0.929 bits per heavy atom. The van der Waals surface area contributed by atoms with Gasteiger partial charge in [0.25, 0.3) is 0 Å². The zero-order chi connectivity index (χ0) is 10.8. The predicted molar refractivity (Wildman–Crippen MR) is 51.1 cm³/mol. The molecule has 4 N–H and O–H groups in total. The molecule has 1 aliphatic rings. The third-order valence-corrected chi connectivity index (χ3v) is 3.60. The number of aliphatic hydroxyl groups excluding tert-OH is 2. The van der Waals surface area contributed by atoms with Crippen LogP contribution in [0.2, 0.25) is 0 Å². The molecule has 0 saturated heterocycles. The molecule has 4 nitrogen and oxygen atoms in total. The highest BCUT2D eigenvalue weighted by Crippen LogP contribution is 2.42. The highest BCUT2D eigenvalue weighted by Gasteiger charge is 2.45. The van der Waals surface area contributed by atoms with Crippen LogP contribution >= 0.6 is 0 Å². The van der Waals surface area contributed by atoms with E-state index in [0.717, 1.165) is 32.1 Å². The summed E-state index contributed by atoms with van der Waals surface area (Å²) in [6, 6.07) is 0. The summed E-state index contributed by atoms with van der Waals surface area (Å²) in [5.74, 6) is -0.0174. The van der Waals surface area contributed by atoms with Crippen LogP contribution in [0.5, 0.6) is 0 Å². The Bertz CT molecular complexity index is 165. The number of hydrogen-bond donors (Lipinski definition) is 4. The Labute approximate surface area is 84.2 Å². The van der Waals surface area contributed by atoms with E-state index < -0.39 is 18.0 Å². The highest BCUT2D eigenvalue weighted by atomic mass is 16.5. The molecule has 0 bridgehead atoms. The molecule has 0 aliphatic heterocycles. The first-order valence-corrected chi connectivity index (χ1v) is 5.22. The largest absolute Gasteiger partial charge is 0.367 e. The SMILES string of the molecule is CC(C(O)O)(C(O)O)C1CCCCC1. The van der Waals surface area contributed by atoms with Gasteiger partial charge in [-0.05, 0) is 25.7 Å². The van der Waals surface area contributed by atoms with Crippen molar-refractivity contribution in [3.8, 4) is 0 Å². The van der Waals surface area contributed by atoms with Crippen molar-refractivity contribution in [3.63, 3.8) is 0 Å². The topological polar surface area (TPSA) is 80.9 Å². The molecule has 1 rings (SSSR count). The minimum absolute atomic E-state index is 0.0174. The zero-order valence-corrected chi connectivity index (χ0v) is 8.56. The average molecular weight is 204 g/mol. The Morgan fingerprint density at radius 3 is 1.71 bits per heavy atom. The van der Waals surface area contributed by atoms with Gasteiger partial charge in [0.15, 0.2) is 12.6 Å². The van der Waals surface area contributed by atoms with Crippen molar-refractivity contribution in [1.82, 2.24) is 0 Å². The van der Waals surface area contributed by atoms with Crippen molar-refractivity contribution < 1.29 is 20.4 Å². The maximum absolute atomic E-state index is 9.23. The summed E-state index contributed by atoms with van der Waals surface area (Å²) in [7, 11) is 0. The second kappa shape index (κ2) is 4.57. The smallest absolute Gasteiger partial charge is 0.161 e. The minimum Gasteiger partial charge on any atom is -0.367 e. The van der Waals surface area contributed by atoms with Gasteiger partial charge in [-0.3, -0.25) is 0 Å². The lowest BCUT2D eigenvalue weighted by atomic mass is 9.69. The van der Waals surface area contributed by atoms with Crippen LogP contribution < -0.4 is 0 Å². The maximum Gasteiger partial charge on any atom is 0.161 e. The summed E-state index contributed by atoms with van der Waals surface area (Å²) in [4.78, 5) is 0. The molecular weight excluding hydrogens is 184 g/mol. The lowest BCUT2D eigenvalue weighted by molar-refractivity contribution is -0.252. The molecule has 0 heterocycles. The molecule has 0 amide bonds. The van der Waals surface area contributed by atoms with Gasteiger partial charge < -0.3 is 20.4 Å². The van der Waals surface area contributed by atoms with E-state index in [1.54, 1.807) is 0 Å². The van der Waals surface area contributed by atoms with Crippen LogP contribution in [0.3, 0.4) is 0 Å². The van der Waals surface area contributed by atoms with Gasteiger partial charge in [0.1, 0.15) is 0 Å². The fraction of sp³-hybridized carbons (Fsp3) is 1.00. The number of rotatable bonds is 3. The standard InChI is InChI=1S/C10H20O4/c1-10(8(11)12,9(13)14)7-5-3-2-4-6-7/h7-9,11-14H,2-6H2,1H3. The molecule has 0 aromatic carbocycles. The van der Waals surface area contributed by atoms with Gasteiger partial charge in [0.05, 0.1) is 5.41 Å². The van der Waals surface area contributed by atoms with Gasteiger partial charge in [-0.25, -0.2) is 0 Å². The van der Waals surface area contributed by atoms with Gasteiger partial charge in [0.2, 0.25) is 0 Å². The van der Waals surface area contributed by atoms with E-state index in [-0.39, 0.29) is 5.92 Å². The Hall–Kier alpha value is -0.160. The first-order valence-electron chi connectivity index (χ1n) is 5.22. The molecule has 1 fully saturated rings. The van der Waals surface area contributed by atoms with E-state index >= 15 is 0 Å². The molecule has 0 spiro atoms. The zero-order valence-electron chi connectivity index (χ0n) is 8.56. The third kappa shape index (κ3) is 2.08. The molecule has 0 atom stereocenters. The van der Waals surface area contributed by atoms with E-state index in [0.29, 0.717) is 0 Å². The van der Waals surface area contributed by atoms with Gasteiger partial charge in [-0.15, -0.1) is 0 Å². The number of hydrogen-bond acceptors (Lipinski definition) is 4. The van der Waals surface area contributed by atoms with Crippen molar-refractivity contribution in [3.05, 3.63) is 0 Å².